The molecule has 0 aromatic rings. The van der Waals surface area contributed by atoms with Gasteiger partial charge in [-0.05, 0) is 56.9 Å². The second kappa shape index (κ2) is 32.7. The fraction of sp³-hybridized carbons (Fsp3) is 0.714. The van der Waals surface area contributed by atoms with E-state index in [9.17, 15) is 38.7 Å². The number of carbonyl (C=O) groups is 7. The highest BCUT2D eigenvalue weighted by molar-refractivity contribution is 5.84. The van der Waals surface area contributed by atoms with Crippen LogP contribution >= 0.6 is 0 Å². The van der Waals surface area contributed by atoms with Crippen molar-refractivity contribution in [1.82, 2.24) is 31.9 Å². The van der Waals surface area contributed by atoms with Gasteiger partial charge in [-0.1, -0.05) is 46.3 Å². The summed E-state index contributed by atoms with van der Waals surface area (Å²) in [5, 5.41) is 26.4. The van der Waals surface area contributed by atoms with Crippen molar-refractivity contribution in [3.8, 4) is 0 Å². The molecule has 0 rings (SSSR count). The number of aliphatic carboxylic acids is 1. The molecular formula is C42H76N10O9. The summed E-state index contributed by atoms with van der Waals surface area (Å²) >= 11 is 0. The number of hydrogen-bond acceptors (Lipinski definition) is 10. The van der Waals surface area contributed by atoms with E-state index in [1.165, 1.54) is 13.0 Å². The molecule has 6 atom stereocenters. The van der Waals surface area contributed by atoms with Crippen LogP contribution in [-0.2, 0) is 38.3 Å². The molecular weight excluding hydrogens is 789 g/mol. The lowest BCUT2D eigenvalue weighted by atomic mass is 9.98. The monoisotopic (exact) mass is 865 g/mol. The van der Waals surface area contributed by atoms with Crippen LogP contribution in [0.25, 0.3) is 0 Å². The predicted octanol–water partition coefficient (Wildman–Crippen LogP) is 1.00. The summed E-state index contributed by atoms with van der Waals surface area (Å²) in [4.78, 5) is 93.3. The molecule has 0 aliphatic heterocycles. The first-order valence-corrected chi connectivity index (χ1v) is 21.3. The average Bonchev–Trinajstić information content (AvgIpc) is 3.12. The number of carboxylic acids is 1. The Hall–Kier alpha value is -5.04. The molecule has 19 heteroatoms. The number of ether oxygens (including phenoxy) is 1. The zero-order valence-electron chi connectivity index (χ0n) is 37.1. The number of unbranched alkanes of at least 4 members (excludes halogenated alkanes) is 1. The van der Waals surface area contributed by atoms with Crippen molar-refractivity contribution in [2.45, 2.75) is 154 Å². The van der Waals surface area contributed by atoms with Gasteiger partial charge in [0.2, 0.25) is 35.4 Å². The molecule has 0 bridgehead atoms. The van der Waals surface area contributed by atoms with Crippen molar-refractivity contribution < 1.29 is 43.4 Å². The fourth-order valence-corrected chi connectivity index (χ4v) is 6.59. The Balaban J connectivity index is 5.68. The first-order chi connectivity index (χ1) is 28.8. The Morgan fingerprint density at radius 3 is 1.69 bits per heavy atom. The van der Waals surface area contributed by atoms with Gasteiger partial charge in [0.1, 0.15) is 0 Å². The van der Waals surface area contributed by atoms with Crippen LogP contribution in [0.4, 0.5) is 0 Å². The lowest BCUT2D eigenvalue weighted by molar-refractivity contribution is -0.138. The lowest BCUT2D eigenvalue weighted by Gasteiger charge is -2.26. The summed E-state index contributed by atoms with van der Waals surface area (Å²) in [6.07, 6.45) is 5.93. The number of aliphatic imine (C=N–C) groups is 1. The summed E-state index contributed by atoms with van der Waals surface area (Å²) in [6, 6.07) is -3.55. The molecule has 0 aliphatic carbocycles. The minimum Gasteiger partial charge on any atom is -0.481 e. The zero-order chi connectivity index (χ0) is 46.3. The highest BCUT2D eigenvalue weighted by Gasteiger charge is 2.27. The summed E-state index contributed by atoms with van der Waals surface area (Å²) in [5.41, 5.74) is 16.5. The van der Waals surface area contributed by atoms with Crippen molar-refractivity contribution in [2.75, 3.05) is 26.3 Å². The molecule has 6 amide bonds. The van der Waals surface area contributed by atoms with Crippen LogP contribution in [0.3, 0.4) is 0 Å². The normalized spacial score (nSPS) is 14.0. The third-order valence-corrected chi connectivity index (χ3v) is 9.35. The highest BCUT2D eigenvalue weighted by Crippen LogP contribution is 2.13. The summed E-state index contributed by atoms with van der Waals surface area (Å²) < 4.78 is 5.58. The highest BCUT2D eigenvalue weighted by atomic mass is 16.5. The van der Waals surface area contributed by atoms with Gasteiger partial charge < -0.3 is 58.9 Å². The molecule has 19 nitrogen and oxygen atoms in total. The second-order valence-corrected chi connectivity index (χ2v) is 16.2. The van der Waals surface area contributed by atoms with Crippen molar-refractivity contribution in [2.24, 2.45) is 34.0 Å². The molecule has 0 aromatic heterocycles. The van der Waals surface area contributed by atoms with Crippen LogP contribution in [0.15, 0.2) is 30.3 Å². The third-order valence-electron chi connectivity index (χ3n) is 9.35. The van der Waals surface area contributed by atoms with Gasteiger partial charge >= 0.3 is 5.97 Å². The first-order valence-electron chi connectivity index (χ1n) is 21.3. The minimum absolute atomic E-state index is 0.00154. The lowest BCUT2D eigenvalue weighted by Crippen LogP contribution is -2.48. The number of carbonyl (C=O) groups excluding carboxylic acids is 6. The van der Waals surface area contributed by atoms with Gasteiger partial charge in [0.05, 0.1) is 25.7 Å². The Bertz CT molecular complexity index is 1420. The van der Waals surface area contributed by atoms with E-state index in [4.69, 9.17) is 21.9 Å². The van der Waals surface area contributed by atoms with E-state index in [1.54, 1.807) is 6.08 Å². The molecule has 348 valence electrons. The van der Waals surface area contributed by atoms with Gasteiger partial charge in [-0.2, -0.15) is 0 Å². The molecule has 0 spiro atoms. The number of rotatable bonds is 35. The van der Waals surface area contributed by atoms with Crippen molar-refractivity contribution >= 4 is 47.4 Å². The molecule has 0 heterocycles. The Morgan fingerprint density at radius 1 is 0.656 bits per heavy atom. The summed E-state index contributed by atoms with van der Waals surface area (Å²) in [7, 11) is 0. The van der Waals surface area contributed by atoms with E-state index >= 15 is 0 Å². The van der Waals surface area contributed by atoms with Gasteiger partial charge in [0, 0.05) is 75.8 Å². The molecule has 0 fully saturated rings. The van der Waals surface area contributed by atoms with Crippen LogP contribution in [0.1, 0.15) is 118 Å². The van der Waals surface area contributed by atoms with E-state index in [2.05, 4.69) is 50.1 Å². The zero-order valence-corrected chi connectivity index (χ0v) is 37.1. The fourth-order valence-electron chi connectivity index (χ4n) is 6.59. The maximum absolute atomic E-state index is 13.5. The second-order valence-electron chi connectivity index (χ2n) is 16.2. The number of nitrogens with two attached hydrogens (primary N) is 3. The van der Waals surface area contributed by atoms with Gasteiger partial charge in [-0.25, -0.2) is 0 Å². The number of nitrogens with one attached hydrogen (secondary N) is 6. The van der Waals surface area contributed by atoms with E-state index in [1.807, 2.05) is 27.7 Å². The van der Waals surface area contributed by atoms with Crippen molar-refractivity contribution in [1.29, 1.82) is 0 Å². The molecule has 0 aromatic carbocycles. The number of nitrogens with zero attached hydrogens (tertiary/aromatic N) is 1. The number of carboxylic acid groups (broad SMARTS) is 1. The standard InChI is InChI=1S/C42H76N10O9/c1-8-13-30(20-37(55)50-33(19-27(3)4)24-41(59)60)48-36(54)22-32(14-10-11-16-43)49-40(58)25-35(28(5)6)52-39(57)23-34(26-61-18-9-2)51-38(56)21-31(47-29(7)53)15-12-17-46-42(44)45/h8-9,27-28,30-35H,1-2,10-26,43H2,3-7H3,(H,47,53)(H,48,54)(H,49,58)(H,50,55)(H,51,56)(H,52,57)(H,59,60)(H4,44,45,46)/t30?,31-,32-,33+,34+,35+/m0/s1. The predicted molar refractivity (Wildman–Crippen MR) is 236 cm³/mol. The number of guanidine groups is 1. The van der Waals surface area contributed by atoms with Gasteiger partial charge in [0.25, 0.3) is 0 Å². The van der Waals surface area contributed by atoms with E-state index < -0.39 is 65.8 Å². The van der Waals surface area contributed by atoms with E-state index in [0.29, 0.717) is 51.6 Å². The number of hydrogen-bond donors (Lipinski definition) is 10. The average molecular weight is 865 g/mol. The van der Waals surface area contributed by atoms with E-state index in [0.717, 1.165) is 0 Å². The molecule has 61 heavy (non-hydrogen) atoms. The maximum Gasteiger partial charge on any atom is 0.305 e. The maximum atomic E-state index is 13.5. The molecule has 0 radical (unpaired) electrons. The molecule has 0 saturated heterocycles. The largest absolute Gasteiger partial charge is 0.481 e. The SMILES string of the molecule is C=CCOC[C@@H](CC(=O)N[C@H](CC(=O)N[C@@H](CCCCN)CC(=O)NC(CC=C)CC(=O)N[C@@H](CC(=O)O)CC(C)C)C(C)C)NC(=O)C[C@H](CCCN=C(N)N)NC(C)=O. The van der Waals surface area contributed by atoms with Crippen LogP contribution in [0.2, 0.25) is 0 Å². The smallest absolute Gasteiger partial charge is 0.305 e. The van der Waals surface area contributed by atoms with Gasteiger partial charge in [0.15, 0.2) is 5.96 Å². The first kappa shape index (κ1) is 56.0. The Morgan fingerprint density at radius 2 is 1.16 bits per heavy atom. The van der Waals surface area contributed by atoms with Crippen LogP contribution in [-0.4, -0.2) is 115 Å². The van der Waals surface area contributed by atoms with E-state index in [-0.39, 0.29) is 87.8 Å². The van der Waals surface area contributed by atoms with Crippen LogP contribution in [0, 0.1) is 11.8 Å². The minimum atomic E-state index is -1.02. The molecule has 13 N–H and O–H groups in total. The number of amides is 6. The topological polar surface area (TPSA) is 312 Å². The van der Waals surface area contributed by atoms with Gasteiger partial charge in [-0.15, -0.1) is 13.2 Å². The van der Waals surface area contributed by atoms with Crippen LogP contribution < -0.4 is 49.1 Å². The Labute approximate surface area is 362 Å². The summed E-state index contributed by atoms with van der Waals surface area (Å²) in [6.45, 7) is 17.2. The third kappa shape index (κ3) is 30.6. The van der Waals surface area contributed by atoms with Gasteiger partial charge in [-0.3, -0.25) is 38.6 Å². The van der Waals surface area contributed by atoms with Crippen molar-refractivity contribution in [3.63, 3.8) is 0 Å². The molecule has 1 unspecified atom stereocenters. The van der Waals surface area contributed by atoms with Crippen molar-refractivity contribution in [3.05, 3.63) is 25.3 Å². The Kier molecular flexibility index (Phi) is 30.0. The quantitative estimate of drug-likeness (QED) is 0.0185. The molecule has 0 saturated carbocycles. The van der Waals surface area contributed by atoms with Crippen LogP contribution in [0.5, 0.6) is 0 Å². The summed E-state index contributed by atoms with van der Waals surface area (Å²) in [5.74, 6) is -3.40. The molecule has 0 aliphatic rings.